The average Bonchev–Trinajstić information content (AvgIpc) is 2.71. The Morgan fingerprint density at radius 3 is 2.69 bits per heavy atom. The highest BCUT2D eigenvalue weighted by molar-refractivity contribution is 7.17. The molecule has 0 saturated heterocycles. The first kappa shape index (κ1) is 11.1. The van der Waals surface area contributed by atoms with E-state index in [4.69, 9.17) is 11.6 Å². The van der Waals surface area contributed by atoms with Gasteiger partial charge in [-0.05, 0) is 0 Å². The molecule has 0 bridgehead atoms. The van der Waals surface area contributed by atoms with Crippen LogP contribution >= 0.6 is 22.9 Å². The third kappa shape index (κ3) is 2.08. The second kappa shape index (κ2) is 4.63. The van der Waals surface area contributed by atoms with Crippen LogP contribution in [0.3, 0.4) is 0 Å². The Kier molecular flexibility index (Phi) is 3.22. The molecule has 0 radical (unpaired) electrons. The summed E-state index contributed by atoms with van der Waals surface area (Å²) in [6.45, 7) is 0. The van der Waals surface area contributed by atoms with Gasteiger partial charge in [-0.3, -0.25) is 0 Å². The fourth-order valence-corrected chi connectivity index (χ4v) is 2.43. The monoisotopic (exact) mass is 253 g/mol. The predicted molar refractivity (Wildman–Crippen MR) is 63.9 cm³/mol. The Balaban J connectivity index is 2.42. The Labute approximate surface area is 102 Å². The predicted octanol–water partition coefficient (Wildman–Crippen LogP) is 3.25. The molecule has 1 aromatic carbocycles. The molecule has 1 heterocycles. The molecule has 0 unspecified atom stereocenters. The van der Waals surface area contributed by atoms with Gasteiger partial charge in [0.25, 0.3) is 0 Å². The van der Waals surface area contributed by atoms with Gasteiger partial charge in [-0.1, -0.05) is 41.9 Å². The van der Waals surface area contributed by atoms with Gasteiger partial charge in [-0.25, -0.2) is 9.78 Å². The summed E-state index contributed by atoms with van der Waals surface area (Å²) in [4.78, 5) is 15.8. The number of benzene rings is 1. The first-order valence-electron chi connectivity index (χ1n) is 4.52. The van der Waals surface area contributed by atoms with Crippen molar-refractivity contribution in [2.45, 2.75) is 0 Å². The van der Waals surface area contributed by atoms with E-state index in [1.807, 2.05) is 30.3 Å². The highest BCUT2D eigenvalue weighted by atomic mass is 35.5. The highest BCUT2D eigenvalue weighted by Gasteiger charge is 2.17. The molecule has 0 N–H and O–H groups in total. The van der Waals surface area contributed by atoms with Crippen LogP contribution in [0.5, 0.6) is 0 Å². The van der Waals surface area contributed by atoms with Crippen molar-refractivity contribution < 1.29 is 9.53 Å². The van der Waals surface area contributed by atoms with Crippen LogP contribution < -0.4 is 0 Å². The van der Waals surface area contributed by atoms with Crippen molar-refractivity contribution >= 4 is 28.9 Å². The lowest BCUT2D eigenvalue weighted by molar-refractivity contribution is 0.0606. The normalized spacial score (nSPS) is 10.1. The molecule has 5 heteroatoms. The van der Waals surface area contributed by atoms with Gasteiger partial charge in [0.15, 0.2) is 10.0 Å². The maximum absolute atomic E-state index is 11.3. The van der Waals surface area contributed by atoms with E-state index in [0.717, 1.165) is 5.56 Å². The number of rotatable bonds is 2. The van der Waals surface area contributed by atoms with Gasteiger partial charge in [0, 0.05) is 5.56 Å². The molecule has 2 aromatic rings. The van der Waals surface area contributed by atoms with Crippen LogP contribution in [-0.4, -0.2) is 18.1 Å². The summed E-state index contributed by atoms with van der Waals surface area (Å²) in [7, 11) is 1.32. The number of hydrogen-bond donors (Lipinski definition) is 0. The molecule has 0 aliphatic heterocycles. The highest BCUT2D eigenvalue weighted by Crippen LogP contribution is 2.30. The van der Waals surface area contributed by atoms with Gasteiger partial charge in [0.2, 0.25) is 0 Å². The molecule has 0 atom stereocenters. The summed E-state index contributed by atoms with van der Waals surface area (Å²) in [6, 6.07) is 9.55. The van der Waals surface area contributed by atoms with Gasteiger partial charge in [-0.2, -0.15) is 0 Å². The number of nitrogens with zero attached hydrogens (tertiary/aromatic N) is 1. The second-order valence-corrected chi connectivity index (χ2v) is 4.35. The molecule has 0 spiro atoms. The van der Waals surface area contributed by atoms with Gasteiger partial charge < -0.3 is 4.74 Å². The van der Waals surface area contributed by atoms with Crippen molar-refractivity contribution in [3.05, 3.63) is 40.4 Å². The van der Waals surface area contributed by atoms with Crippen molar-refractivity contribution in [3.8, 4) is 10.6 Å². The zero-order valence-electron chi connectivity index (χ0n) is 8.44. The molecule has 0 fully saturated rings. The van der Waals surface area contributed by atoms with Crippen molar-refractivity contribution in [1.82, 2.24) is 4.98 Å². The summed E-state index contributed by atoms with van der Waals surface area (Å²) in [5.41, 5.74) is 0.935. The number of aromatic nitrogens is 1. The van der Waals surface area contributed by atoms with Crippen LogP contribution in [-0.2, 0) is 4.74 Å². The fourth-order valence-electron chi connectivity index (χ4n) is 1.22. The molecule has 16 heavy (non-hydrogen) atoms. The number of thiazole rings is 1. The van der Waals surface area contributed by atoms with Gasteiger partial charge >= 0.3 is 5.97 Å². The third-order valence-corrected chi connectivity index (χ3v) is 3.45. The lowest BCUT2D eigenvalue weighted by Crippen LogP contribution is -1.98. The molecule has 0 aliphatic carbocycles. The molecule has 0 amide bonds. The molecular weight excluding hydrogens is 246 g/mol. The van der Waals surface area contributed by atoms with Crippen LogP contribution in [0.15, 0.2) is 30.3 Å². The van der Waals surface area contributed by atoms with E-state index < -0.39 is 5.97 Å². The zero-order chi connectivity index (χ0) is 11.5. The van der Waals surface area contributed by atoms with E-state index in [-0.39, 0.29) is 5.15 Å². The fraction of sp³-hybridized carbons (Fsp3) is 0.0909. The number of hydrogen-bond acceptors (Lipinski definition) is 4. The SMILES string of the molecule is COC(=O)c1sc(-c2ccccc2)nc1Cl. The van der Waals surface area contributed by atoms with Crippen LogP contribution in [0.25, 0.3) is 10.6 Å². The summed E-state index contributed by atoms with van der Waals surface area (Å²) < 4.78 is 4.61. The van der Waals surface area contributed by atoms with Crippen LogP contribution in [0.1, 0.15) is 9.67 Å². The zero-order valence-corrected chi connectivity index (χ0v) is 10.0. The molecule has 2 rings (SSSR count). The topological polar surface area (TPSA) is 39.2 Å². The van der Waals surface area contributed by atoms with Gasteiger partial charge in [0.05, 0.1) is 7.11 Å². The van der Waals surface area contributed by atoms with E-state index in [0.29, 0.717) is 9.88 Å². The number of ether oxygens (including phenoxy) is 1. The minimum absolute atomic E-state index is 0.190. The molecule has 0 aliphatic rings. The molecule has 1 aromatic heterocycles. The molecule has 82 valence electrons. The Hall–Kier alpha value is -1.39. The number of methoxy groups -OCH3 is 1. The molecule has 0 saturated carbocycles. The van der Waals surface area contributed by atoms with Gasteiger partial charge in [-0.15, -0.1) is 11.3 Å². The summed E-state index contributed by atoms with van der Waals surface area (Å²) in [6.07, 6.45) is 0. The largest absolute Gasteiger partial charge is 0.465 e. The Bertz CT molecular complexity index is 510. The van der Waals surface area contributed by atoms with E-state index >= 15 is 0 Å². The molecule has 3 nitrogen and oxygen atoms in total. The minimum Gasteiger partial charge on any atom is -0.465 e. The quantitative estimate of drug-likeness (QED) is 0.772. The van der Waals surface area contributed by atoms with Crippen molar-refractivity contribution in [3.63, 3.8) is 0 Å². The Morgan fingerprint density at radius 2 is 2.06 bits per heavy atom. The Morgan fingerprint density at radius 1 is 1.38 bits per heavy atom. The average molecular weight is 254 g/mol. The van der Waals surface area contributed by atoms with Gasteiger partial charge in [0.1, 0.15) is 5.01 Å². The van der Waals surface area contributed by atoms with Crippen LogP contribution in [0.2, 0.25) is 5.15 Å². The second-order valence-electron chi connectivity index (χ2n) is 3.00. The standard InChI is InChI=1S/C11H8ClNO2S/c1-15-11(14)8-9(12)13-10(16-8)7-5-3-2-4-6-7/h2-6H,1H3. The van der Waals surface area contributed by atoms with E-state index in [1.165, 1.54) is 18.4 Å². The summed E-state index contributed by atoms with van der Waals surface area (Å²) in [5, 5.41) is 0.904. The first-order chi connectivity index (χ1) is 7.72. The lowest BCUT2D eigenvalue weighted by atomic mass is 10.2. The van der Waals surface area contributed by atoms with E-state index in [2.05, 4.69) is 9.72 Å². The van der Waals surface area contributed by atoms with Crippen LogP contribution in [0, 0.1) is 0 Å². The maximum atomic E-state index is 11.3. The van der Waals surface area contributed by atoms with Crippen molar-refractivity contribution in [1.29, 1.82) is 0 Å². The number of halogens is 1. The first-order valence-corrected chi connectivity index (χ1v) is 5.72. The number of esters is 1. The van der Waals surface area contributed by atoms with Crippen LogP contribution in [0.4, 0.5) is 0 Å². The van der Waals surface area contributed by atoms with E-state index in [1.54, 1.807) is 0 Å². The number of carbonyl (C=O) groups is 1. The van der Waals surface area contributed by atoms with E-state index in [9.17, 15) is 4.79 Å². The maximum Gasteiger partial charge on any atom is 0.351 e. The smallest absolute Gasteiger partial charge is 0.351 e. The summed E-state index contributed by atoms with van der Waals surface area (Å²) >= 11 is 7.09. The summed E-state index contributed by atoms with van der Waals surface area (Å²) in [5.74, 6) is -0.454. The lowest BCUT2D eigenvalue weighted by Gasteiger charge is -1.93. The minimum atomic E-state index is -0.454. The van der Waals surface area contributed by atoms with Crippen molar-refractivity contribution in [2.75, 3.05) is 7.11 Å². The number of carbonyl (C=O) groups excluding carboxylic acids is 1. The molecular formula is C11H8ClNO2S. The van der Waals surface area contributed by atoms with Crippen molar-refractivity contribution in [2.24, 2.45) is 0 Å². The third-order valence-electron chi connectivity index (χ3n) is 1.98.